The summed E-state index contributed by atoms with van der Waals surface area (Å²) in [7, 11) is 3.69. The number of aliphatic hydroxyl groups excluding tert-OH is 1. The summed E-state index contributed by atoms with van der Waals surface area (Å²) in [6, 6.07) is 0. The van der Waals surface area contributed by atoms with Crippen molar-refractivity contribution < 1.29 is 10.1 Å². The fourth-order valence-corrected chi connectivity index (χ4v) is 1.24. The van der Waals surface area contributed by atoms with Crippen LogP contribution in [-0.4, -0.2) is 58.5 Å². The Balaban J connectivity index is 2.30. The van der Waals surface area contributed by atoms with Gasteiger partial charge in [0.1, 0.15) is 6.20 Å². The fourth-order valence-electron chi connectivity index (χ4n) is 1.24. The maximum absolute atomic E-state index is 10.3. The molecule has 15 heavy (non-hydrogen) atoms. The molecule has 1 aliphatic rings. The van der Waals surface area contributed by atoms with Crippen molar-refractivity contribution in [2.24, 2.45) is 0 Å². The Hall–Kier alpha value is -1.38. The lowest BCUT2D eigenvalue weighted by Crippen LogP contribution is -2.46. The highest BCUT2D eigenvalue weighted by molar-refractivity contribution is 4.83. The lowest BCUT2D eigenvalue weighted by molar-refractivity contribution is -0.657. The molecule has 0 amide bonds. The maximum Gasteiger partial charge on any atom is 0.182 e. The van der Waals surface area contributed by atoms with E-state index in [1.54, 1.807) is 0 Å². The lowest BCUT2D eigenvalue weighted by Gasteiger charge is -2.22. The zero-order valence-corrected chi connectivity index (χ0v) is 8.70. The standard InChI is InChI=1S/C7H15N5O3/c1-9(2)5-7(13)6-10-3-4-11(8-10)12(14)15/h3-4,7-8,13H,5-6H2,1-2H3. The van der Waals surface area contributed by atoms with Gasteiger partial charge >= 0.3 is 0 Å². The highest BCUT2D eigenvalue weighted by Crippen LogP contribution is 2.01. The van der Waals surface area contributed by atoms with Crippen molar-refractivity contribution in [2.75, 3.05) is 27.2 Å². The number of hydrogen-bond donors (Lipinski definition) is 2. The van der Waals surface area contributed by atoms with E-state index in [1.165, 1.54) is 17.4 Å². The molecule has 0 aliphatic carbocycles. The molecule has 1 atom stereocenters. The molecule has 1 rings (SSSR count). The normalized spacial score (nSPS) is 17.6. The largest absolute Gasteiger partial charge is 0.390 e. The molecule has 8 heteroatoms. The molecular weight excluding hydrogens is 202 g/mol. The second-order valence-electron chi connectivity index (χ2n) is 3.55. The zero-order chi connectivity index (χ0) is 11.4. The highest BCUT2D eigenvalue weighted by atomic mass is 16.7. The number of hydrazine groups is 3. The van der Waals surface area contributed by atoms with Crippen molar-refractivity contribution >= 4 is 0 Å². The summed E-state index contributed by atoms with van der Waals surface area (Å²) in [5, 5.41) is 21.5. The van der Waals surface area contributed by atoms with Crippen LogP contribution in [0.4, 0.5) is 0 Å². The molecule has 1 aliphatic heterocycles. The van der Waals surface area contributed by atoms with Gasteiger partial charge in [-0.1, -0.05) is 5.53 Å². The van der Waals surface area contributed by atoms with E-state index in [4.69, 9.17) is 0 Å². The van der Waals surface area contributed by atoms with Crippen LogP contribution < -0.4 is 5.53 Å². The molecule has 0 aromatic heterocycles. The molecule has 0 aromatic carbocycles. The van der Waals surface area contributed by atoms with E-state index in [-0.39, 0.29) is 0 Å². The number of hydrogen-bond acceptors (Lipinski definition) is 6. The number of nitro groups is 1. The van der Waals surface area contributed by atoms with Gasteiger partial charge in [-0.2, -0.15) is 0 Å². The molecule has 0 radical (unpaired) electrons. The third-order valence-corrected chi connectivity index (χ3v) is 1.78. The van der Waals surface area contributed by atoms with Crippen molar-refractivity contribution in [3.8, 4) is 0 Å². The monoisotopic (exact) mass is 217 g/mol. The summed E-state index contributed by atoms with van der Waals surface area (Å²) < 4.78 is 0. The minimum absolute atomic E-state index is 0.291. The van der Waals surface area contributed by atoms with Gasteiger partial charge in [0.15, 0.2) is 5.03 Å². The lowest BCUT2D eigenvalue weighted by atomic mass is 10.3. The SMILES string of the molecule is CN(C)CC(O)CN1C=CN([N+](=O)[O-])N1. The van der Waals surface area contributed by atoms with E-state index >= 15 is 0 Å². The van der Waals surface area contributed by atoms with E-state index < -0.39 is 11.1 Å². The Morgan fingerprint density at radius 1 is 1.60 bits per heavy atom. The molecule has 86 valence electrons. The van der Waals surface area contributed by atoms with Gasteiger partial charge in [-0.15, -0.1) is 0 Å². The molecule has 8 nitrogen and oxygen atoms in total. The van der Waals surface area contributed by atoms with Crippen LogP contribution in [0, 0.1) is 10.1 Å². The van der Waals surface area contributed by atoms with E-state index in [1.807, 2.05) is 19.0 Å². The van der Waals surface area contributed by atoms with Crippen LogP contribution in [-0.2, 0) is 0 Å². The van der Waals surface area contributed by atoms with Gasteiger partial charge in [0.2, 0.25) is 0 Å². The number of rotatable bonds is 5. The van der Waals surface area contributed by atoms with E-state index in [2.05, 4.69) is 5.53 Å². The topological polar surface area (TPSA) is 85.1 Å². The predicted octanol–water partition coefficient (Wildman–Crippen LogP) is -1.39. The third kappa shape index (κ3) is 3.70. The third-order valence-electron chi connectivity index (χ3n) is 1.78. The quantitative estimate of drug-likeness (QED) is 0.433. The van der Waals surface area contributed by atoms with Crippen LogP contribution in [0.25, 0.3) is 0 Å². The van der Waals surface area contributed by atoms with Crippen molar-refractivity contribution in [1.29, 1.82) is 0 Å². The van der Waals surface area contributed by atoms with Gasteiger partial charge in [-0.25, -0.2) is 10.1 Å². The Kier molecular flexibility index (Phi) is 3.83. The fraction of sp³-hybridized carbons (Fsp3) is 0.714. The number of β-amino-alcohol motifs (C(OH)–C–C–N with tert-alkyl or cyclic N) is 1. The van der Waals surface area contributed by atoms with Gasteiger partial charge in [0.25, 0.3) is 0 Å². The molecule has 0 saturated carbocycles. The van der Waals surface area contributed by atoms with Crippen molar-refractivity contribution in [1.82, 2.24) is 20.6 Å². The highest BCUT2D eigenvalue weighted by Gasteiger charge is 2.21. The molecule has 1 heterocycles. The van der Waals surface area contributed by atoms with Crippen LogP contribution in [0.15, 0.2) is 12.4 Å². The molecular formula is C7H15N5O3. The number of nitrogens with one attached hydrogen (secondary N) is 1. The summed E-state index contributed by atoms with van der Waals surface area (Å²) in [6.07, 6.45) is 2.22. The second kappa shape index (κ2) is 4.91. The van der Waals surface area contributed by atoms with Crippen molar-refractivity contribution in [2.45, 2.75) is 6.10 Å². The number of nitrogens with zero attached hydrogens (tertiary/aromatic N) is 4. The zero-order valence-electron chi connectivity index (χ0n) is 8.70. The predicted molar refractivity (Wildman–Crippen MR) is 52.4 cm³/mol. The van der Waals surface area contributed by atoms with Crippen LogP contribution >= 0.6 is 0 Å². The first-order chi connectivity index (χ1) is 6.99. The Bertz CT molecular complexity index is 257. The van der Waals surface area contributed by atoms with Gasteiger partial charge < -0.3 is 10.0 Å². The van der Waals surface area contributed by atoms with Crippen LogP contribution in [0.3, 0.4) is 0 Å². The maximum atomic E-state index is 10.3. The number of aliphatic hydroxyl groups is 1. The number of likely N-dealkylation sites (N-methyl/N-ethyl adjacent to an activating group) is 1. The summed E-state index contributed by atoms with van der Waals surface area (Å²) in [5.41, 5.74) is 2.47. The summed E-state index contributed by atoms with van der Waals surface area (Å²) in [6.45, 7) is 0.795. The second-order valence-corrected chi connectivity index (χ2v) is 3.55. The summed E-state index contributed by atoms with van der Waals surface area (Å²) >= 11 is 0. The smallest absolute Gasteiger partial charge is 0.182 e. The van der Waals surface area contributed by atoms with Crippen LogP contribution in [0.2, 0.25) is 0 Å². The van der Waals surface area contributed by atoms with E-state index in [0.29, 0.717) is 13.1 Å². The Morgan fingerprint density at radius 3 is 2.73 bits per heavy atom. The molecule has 0 spiro atoms. The average Bonchev–Trinajstić information content (AvgIpc) is 2.50. The molecule has 0 aromatic rings. The van der Waals surface area contributed by atoms with Gasteiger partial charge in [-0.05, 0) is 19.2 Å². The molecule has 0 saturated heterocycles. The van der Waals surface area contributed by atoms with Gasteiger partial charge in [-0.3, -0.25) is 5.01 Å². The van der Waals surface area contributed by atoms with Gasteiger partial charge in [0, 0.05) is 12.7 Å². The van der Waals surface area contributed by atoms with E-state index in [9.17, 15) is 15.2 Å². The summed E-state index contributed by atoms with van der Waals surface area (Å²) in [5.74, 6) is 0. The van der Waals surface area contributed by atoms with Crippen molar-refractivity contribution in [3.05, 3.63) is 22.5 Å². The first-order valence-electron chi connectivity index (χ1n) is 4.46. The van der Waals surface area contributed by atoms with Gasteiger partial charge in [0.05, 0.1) is 12.6 Å². The molecule has 0 fully saturated rings. The van der Waals surface area contributed by atoms with Crippen LogP contribution in [0.1, 0.15) is 0 Å². The minimum Gasteiger partial charge on any atom is -0.390 e. The van der Waals surface area contributed by atoms with E-state index in [0.717, 1.165) is 5.12 Å². The molecule has 0 bridgehead atoms. The Labute approximate surface area is 87.4 Å². The first-order valence-corrected chi connectivity index (χ1v) is 4.46. The summed E-state index contributed by atoms with van der Waals surface area (Å²) in [4.78, 5) is 12.2. The molecule has 1 unspecified atom stereocenters. The van der Waals surface area contributed by atoms with Crippen molar-refractivity contribution in [3.63, 3.8) is 0 Å². The molecule has 2 N–H and O–H groups in total. The first kappa shape index (κ1) is 11.7. The minimum atomic E-state index is -0.588. The Morgan fingerprint density at radius 2 is 2.27 bits per heavy atom. The van der Waals surface area contributed by atoms with Crippen LogP contribution in [0.5, 0.6) is 0 Å². The average molecular weight is 217 g/mol.